The predicted octanol–water partition coefficient (Wildman–Crippen LogP) is 1.04. The molecule has 2 heterocycles. The number of hydrogen-bond donors (Lipinski definition) is 1. The quantitative estimate of drug-likeness (QED) is 0.779. The topological polar surface area (TPSA) is 83.9 Å². The van der Waals surface area contributed by atoms with E-state index in [9.17, 15) is 19.5 Å². The Morgan fingerprint density at radius 1 is 1.40 bits per heavy atom. The van der Waals surface area contributed by atoms with E-state index in [1.54, 1.807) is 0 Å². The van der Waals surface area contributed by atoms with Gasteiger partial charge in [-0.1, -0.05) is 13.8 Å². The number of ether oxygens (including phenoxy) is 1. The number of aliphatic carboxylic acids is 1. The Balaban J connectivity index is 2.36. The highest BCUT2D eigenvalue weighted by atomic mass is 16.5. The molecule has 6 nitrogen and oxygen atoms in total. The highest BCUT2D eigenvalue weighted by molar-refractivity contribution is 6.06. The monoisotopic (exact) mass is 283 g/mol. The number of rotatable bonds is 4. The summed E-state index contributed by atoms with van der Waals surface area (Å²) in [5.41, 5.74) is -1.89. The summed E-state index contributed by atoms with van der Waals surface area (Å²) in [4.78, 5) is 37.6. The number of hydrogen-bond acceptors (Lipinski definition) is 4. The number of amides is 2. The first-order valence-electron chi connectivity index (χ1n) is 7.00. The van der Waals surface area contributed by atoms with Gasteiger partial charge in [0.1, 0.15) is 5.41 Å². The molecular weight excluding hydrogens is 262 g/mol. The number of carbonyl (C=O) groups excluding carboxylic acids is 2. The minimum atomic E-state index is -1.22. The van der Waals surface area contributed by atoms with Crippen LogP contribution >= 0.6 is 0 Å². The summed E-state index contributed by atoms with van der Waals surface area (Å²) in [7, 11) is 0. The Kier molecular flexibility index (Phi) is 3.62. The Labute approximate surface area is 118 Å². The number of nitrogens with zero attached hydrogens (tertiary/aromatic N) is 1. The van der Waals surface area contributed by atoms with Crippen LogP contribution in [-0.2, 0) is 19.1 Å². The van der Waals surface area contributed by atoms with Gasteiger partial charge in [-0.05, 0) is 19.8 Å². The van der Waals surface area contributed by atoms with Gasteiger partial charge in [0.15, 0.2) is 0 Å². The van der Waals surface area contributed by atoms with E-state index in [-0.39, 0.29) is 31.4 Å². The fraction of sp³-hybridized carbons (Fsp3) is 0.786. The summed E-state index contributed by atoms with van der Waals surface area (Å²) in [6.45, 7) is 5.43. The standard InChI is InChI=1S/C14H21NO5/c1-4-14(5-2)6-10(16)15(11(14)17)9-7-20-8-13(9,3)12(18)19/h9H,4-8H2,1-3H3,(H,18,19). The average Bonchev–Trinajstić information content (AvgIpc) is 2.90. The zero-order valence-corrected chi connectivity index (χ0v) is 12.1. The molecule has 20 heavy (non-hydrogen) atoms. The molecule has 0 aromatic rings. The predicted molar refractivity (Wildman–Crippen MR) is 69.8 cm³/mol. The fourth-order valence-electron chi connectivity index (χ4n) is 3.16. The van der Waals surface area contributed by atoms with E-state index < -0.39 is 22.8 Å². The van der Waals surface area contributed by atoms with Crippen molar-refractivity contribution in [3.8, 4) is 0 Å². The molecule has 0 spiro atoms. The summed E-state index contributed by atoms with van der Waals surface area (Å²) < 4.78 is 5.25. The molecule has 112 valence electrons. The van der Waals surface area contributed by atoms with E-state index in [1.165, 1.54) is 6.92 Å². The minimum absolute atomic E-state index is 0.0231. The SMILES string of the molecule is CCC1(CC)CC(=O)N(C2COCC2(C)C(=O)O)C1=O. The molecule has 0 saturated carbocycles. The third-order valence-corrected chi connectivity index (χ3v) is 5.00. The number of carboxylic acids is 1. The van der Waals surface area contributed by atoms with Gasteiger partial charge >= 0.3 is 5.97 Å². The summed E-state index contributed by atoms with van der Waals surface area (Å²) >= 11 is 0. The van der Waals surface area contributed by atoms with Gasteiger partial charge in [-0.25, -0.2) is 0 Å². The van der Waals surface area contributed by atoms with Crippen LogP contribution in [-0.4, -0.2) is 47.0 Å². The third-order valence-electron chi connectivity index (χ3n) is 5.00. The second-order valence-electron chi connectivity index (χ2n) is 5.99. The van der Waals surface area contributed by atoms with Crippen molar-refractivity contribution >= 4 is 17.8 Å². The molecule has 6 heteroatoms. The molecule has 2 unspecified atom stereocenters. The van der Waals surface area contributed by atoms with Gasteiger partial charge in [0.25, 0.3) is 0 Å². The summed E-state index contributed by atoms with van der Waals surface area (Å²) in [5.74, 6) is -1.55. The molecular formula is C14H21NO5. The zero-order valence-electron chi connectivity index (χ0n) is 12.1. The Morgan fingerprint density at radius 3 is 2.45 bits per heavy atom. The second-order valence-corrected chi connectivity index (χ2v) is 5.99. The van der Waals surface area contributed by atoms with Crippen LogP contribution in [0.3, 0.4) is 0 Å². The van der Waals surface area contributed by atoms with Gasteiger partial charge in [-0.2, -0.15) is 0 Å². The lowest BCUT2D eigenvalue weighted by molar-refractivity contribution is -0.155. The van der Waals surface area contributed by atoms with Crippen LogP contribution in [0, 0.1) is 10.8 Å². The van der Waals surface area contributed by atoms with Crippen LogP contribution in [0.1, 0.15) is 40.0 Å². The van der Waals surface area contributed by atoms with Crippen LogP contribution in [0.5, 0.6) is 0 Å². The molecule has 0 bridgehead atoms. The maximum Gasteiger partial charge on any atom is 0.313 e. The van der Waals surface area contributed by atoms with Crippen LogP contribution < -0.4 is 0 Å². The van der Waals surface area contributed by atoms with Gasteiger partial charge < -0.3 is 9.84 Å². The number of likely N-dealkylation sites (tertiary alicyclic amines) is 1. The fourth-order valence-corrected chi connectivity index (χ4v) is 3.16. The van der Waals surface area contributed by atoms with Crippen molar-refractivity contribution in [3.63, 3.8) is 0 Å². The van der Waals surface area contributed by atoms with Gasteiger partial charge in [0.2, 0.25) is 11.8 Å². The smallest absolute Gasteiger partial charge is 0.313 e. The molecule has 2 fully saturated rings. The first-order chi connectivity index (χ1) is 9.32. The van der Waals surface area contributed by atoms with Gasteiger partial charge in [-0.3, -0.25) is 19.3 Å². The second kappa shape index (κ2) is 4.84. The van der Waals surface area contributed by atoms with Crippen LogP contribution in [0.25, 0.3) is 0 Å². The number of carboxylic acid groups (broad SMARTS) is 1. The molecule has 1 N–H and O–H groups in total. The van der Waals surface area contributed by atoms with Gasteiger partial charge in [0.05, 0.1) is 24.7 Å². The van der Waals surface area contributed by atoms with E-state index >= 15 is 0 Å². The van der Waals surface area contributed by atoms with Crippen LogP contribution in [0.2, 0.25) is 0 Å². The van der Waals surface area contributed by atoms with Crippen molar-refractivity contribution in [1.82, 2.24) is 4.90 Å². The zero-order chi connectivity index (χ0) is 15.1. The first kappa shape index (κ1) is 15.0. The van der Waals surface area contributed by atoms with Crippen molar-refractivity contribution in [2.75, 3.05) is 13.2 Å². The molecule has 0 aromatic carbocycles. The molecule has 2 rings (SSSR count). The van der Waals surface area contributed by atoms with Crippen LogP contribution in [0.15, 0.2) is 0 Å². The molecule has 2 atom stereocenters. The molecule has 2 saturated heterocycles. The lowest BCUT2D eigenvalue weighted by atomic mass is 9.80. The molecule has 0 aliphatic carbocycles. The normalized spacial score (nSPS) is 33.0. The van der Waals surface area contributed by atoms with Crippen molar-refractivity contribution in [1.29, 1.82) is 0 Å². The Hall–Kier alpha value is -1.43. The minimum Gasteiger partial charge on any atom is -0.481 e. The van der Waals surface area contributed by atoms with Crippen LogP contribution in [0.4, 0.5) is 0 Å². The number of imide groups is 1. The van der Waals surface area contributed by atoms with E-state index in [1.807, 2.05) is 13.8 Å². The van der Waals surface area contributed by atoms with Crippen molar-refractivity contribution < 1.29 is 24.2 Å². The largest absolute Gasteiger partial charge is 0.481 e. The summed E-state index contributed by atoms with van der Waals surface area (Å²) in [6.07, 6.45) is 1.34. The Morgan fingerprint density at radius 2 is 2.00 bits per heavy atom. The Bertz CT molecular complexity index is 456. The third kappa shape index (κ3) is 1.85. The lowest BCUT2D eigenvalue weighted by Gasteiger charge is -2.33. The van der Waals surface area contributed by atoms with Crippen molar-refractivity contribution in [2.45, 2.75) is 46.1 Å². The maximum atomic E-state index is 12.7. The molecule has 2 aliphatic heterocycles. The van der Waals surface area contributed by atoms with Crippen molar-refractivity contribution in [2.24, 2.45) is 10.8 Å². The van der Waals surface area contributed by atoms with Crippen molar-refractivity contribution in [3.05, 3.63) is 0 Å². The highest BCUT2D eigenvalue weighted by Crippen LogP contribution is 2.44. The average molecular weight is 283 g/mol. The lowest BCUT2D eigenvalue weighted by Crippen LogP contribution is -2.53. The summed E-state index contributed by atoms with van der Waals surface area (Å²) in [6, 6.07) is -0.708. The molecule has 2 amide bonds. The van der Waals surface area contributed by atoms with E-state index in [0.717, 1.165) is 4.90 Å². The maximum absolute atomic E-state index is 12.7. The highest BCUT2D eigenvalue weighted by Gasteiger charge is 2.58. The van der Waals surface area contributed by atoms with Gasteiger partial charge in [-0.15, -0.1) is 0 Å². The van der Waals surface area contributed by atoms with E-state index in [4.69, 9.17) is 4.74 Å². The molecule has 0 aromatic heterocycles. The van der Waals surface area contributed by atoms with E-state index in [2.05, 4.69) is 0 Å². The van der Waals surface area contributed by atoms with E-state index in [0.29, 0.717) is 12.8 Å². The molecule has 0 radical (unpaired) electrons. The number of carbonyl (C=O) groups is 3. The summed E-state index contributed by atoms with van der Waals surface area (Å²) in [5, 5.41) is 9.39. The first-order valence-corrected chi connectivity index (χ1v) is 7.00. The van der Waals surface area contributed by atoms with Gasteiger partial charge in [0, 0.05) is 6.42 Å². The molecule has 2 aliphatic rings.